The molecule has 3 heterocycles. The van der Waals surface area contributed by atoms with Gasteiger partial charge in [0.2, 0.25) is 0 Å². The molecule has 0 amide bonds. The van der Waals surface area contributed by atoms with Crippen LogP contribution in [-0.4, -0.2) is 47.7 Å². The minimum atomic E-state index is -0.343. The summed E-state index contributed by atoms with van der Waals surface area (Å²) in [5, 5.41) is 3.17. The summed E-state index contributed by atoms with van der Waals surface area (Å²) in [5.74, 6) is -0.343. The van der Waals surface area contributed by atoms with Gasteiger partial charge in [0.05, 0.1) is 36.8 Å². The van der Waals surface area contributed by atoms with Crippen molar-refractivity contribution in [2.24, 2.45) is 0 Å². The van der Waals surface area contributed by atoms with Gasteiger partial charge in [-0.05, 0) is 18.2 Å². The first kappa shape index (κ1) is 14.9. The summed E-state index contributed by atoms with van der Waals surface area (Å²) < 4.78 is 19.1. The highest BCUT2D eigenvalue weighted by Gasteiger charge is 2.23. The predicted molar refractivity (Wildman–Crippen MR) is 82.1 cm³/mol. The Bertz CT molecular complexity index is 590. The van der Waals surface area contributed by atoms with Gasteiger partial charge >= 0.3 is 0 Å². The molecule has 1 aliphatic heterocycles. The van der Waals surface area contributed by atoms with Gasteiger partial charge in [-0.1, -0.05) is 6.07 Å². The zero-order valence-electron chi connectivity index (χ0n) is 12.3. The molecule has 6 heteroatoms. The maximum atomic E-state index is 13.7. The van der Waals surface area contributed by atoms with E-state index < -0.39 is 0 Å². The summed E-state index contributed by atoms with van der Waals surface area (Å²) in [6.07, 6.45) is 4.58. The summed E-state index contributed by atoms with van der Waals surface area (Å²) in [6.45, 7) is 3.71. The molecule has 2 aromatic rings. The maximum absolute atomic E-state index is 13.7. The molecular formula is C16H19FN4O. The van der Waals surface area contributed by atoms with Crippen molar-refractivity contribution in [2.45, 2.75) is 6.04 Å². The van der Waals surface area contributed by atoms with E-state index in [2.05, 4.69) is 20.2 Å². The van der Waals surface area contributed by atoms with Crippen molar-refractivity contribution < 1.29 is 9.13 Å². The number of hydrogen-bond acceptors (Lipinski definition) is 5. The predicted octanol–water partition coefficient (Wildman–Crippen LogP) is 2.10. The van der Waals surface area contributed by atoms with Crippen molar-refractivity contribution in [3.05, 3.63) is 54.4 Å². The molecule has 5 nitrogen and oxygen atoms in total. The van der Waals surface area contributed by atoms with Gasteiger partial charge in [-0.15, -0.1) is 0 Å². The number of nitrogens with zero attached hydrogens (tertiary/aromatic N) is 3. The minimum Gasteiger partial charge on any atom is -0.381 e. The van der Waals surface area contributed by atoms with Crippen LogP contribution in [0.4, 0.5) is 10.1 Å². The van der Waals surface area contributed by atoms with E-state index in [0.717, 1.165) is 18.8 Å². The van der Waals surface area contributed by atoms with E-state index in [1.54, 1.807) is 18.5 Å². The first-order valence-electron chi connectivity index (χ1n) is 7.41. The van der Waals surface area contributed by atoms with Crippen molar-refractivity contribution in [3.63, 3.8) is 0 Å². The highest BCUT2D eigenvalue weighted by Crippen LogP contribution is 2.21. The second-order valence-electron chi connectivity index (χ2n) is 5.16. The normalized spacial score (nSPS) is 17.1. The number of aromatic nitrogens is 2. The number of rotatable bonds is 5. The van der Waals surface area contributed by atoms with Gasteiger partial charge in [-0.2, -0.15) is 0 Å². The van der Waals surface area contributed by atoms with Crippen LogP contribution in [0.15, 0.2) is 42.9 Å². The molecule has 0 radical (unpaired) electrons. The number of pyridine rings is 2. The molecule has 116 valence electrons. The lowest BCUT2D eigenvalue weighted by Crippen LogP contribution is -2.41. The zero-order valence-corrected chi connectivity index (χ0v) is 12.3. The summed E-state index contributed by atoms with van der Waals surface area (Å²) >= 11 is 0. The van der Waals surface area contributed by atoms with Crippen LogP contribution < -0.4 is 5.32 Å². The molecule has 0 saturated carbocycles. The fraction of sp³-hybridized carbons (Fsp3) is 0.375. The molecule has 1 fully saturated rings. The SMILES string of the molecule is Fc1cnccc1NCC(c1ccccn1)N1CCOCC1. The first-order chi connectivity index (χ1) is 10.8. The minimum absolute atomic E-state index is 0.0812. The van der Waals surface area contributed by atoms with Gasteiger partial charge in [0.15, 0.2) is 5.82 Å². The van der Waals surface area contributed by atoms with E-state index in [9.17, 15) is 4.39 Å². The smallest absolute Gasteiger partial charge is 0.164 e. The average molecular weight is 302 g/mol. The molecule has 1 saturated heterocycles. The van der Waals surface area contributed by atoms with Crippen LogP contribution in [0.25, 0.3) is 0 Å². The Labute approximate surface area is 129 Å². The summed E-state index contributed by atoms with van der Waals surface area (Å²) in [4.78, 5) is 10.5. The Hall–Kier alpha value is -2.05. The third-order valence-electron chi connectivity index (χ3n) is 3.77. The van der Waals surface area contributed by atoms with Crippen LogP contribution in [0.5, 0.6) is 0 Å². The number of anilines is 1. The van der Waals surface area contributed by atoms with Crippen LogP contribution in [-0.2, 0) is 4.74 Å². The van der Waals surface area contributed by atoms with Gasteiger partial charge < -0.3 is 10.1 Å². The van der Waals surface area contributed by atoms with Gasteiger partial charge in [-0.25, -0.2) is 4.39 Å². The van der Waals surface area contributed by atoms with E-state index in [1.165, 1.54) is 6.20 Å². The van der Waals surface area contributed by atoms with Gasteiger partial charge in [0.1, 0.15) is 0 Å². The van der Waals surface area contributed by atoms with Crippen LogP contribution in [0.3, 0.4) is 0 Å². The standard InChI is InChI=1S/C16H19FN4O/c17-13-11-18-6-4-14(13)20-12-16(15-3-1-2-5-19-15)21-7-9-22-10-8-21/h1-6,11,16H,7-10,12H2,(H,18,20). The van der Waals surface area contributed by atoms with Crippen molar-refractivity contribution in [1.29, 1.82) is 0 Å². The van der Waals surface area contributed by atoms with Gasteiger partial charge in [-0.3, -0.25) is 14.9 Å². The zero-order chi connectivity index (χ0) is 15.2. The highest BCUT2D eigenvalue weighted by atomic mass is 19.1. The molecule has 1 N–H and O–H groups in total. The number of ether oxygens (including phenoxy) is 1. The van der Waals surface area contributed by atoms with E-state index >= 15 is 0 Å². The number of hydrogen-bond donors (Lipinski definition) is 1. The average Bonchev–Trinajstić information content (AvgIpc) is 2.59. The lowest BCUT2D eigenvalue weighted by molar-refractivity contribution is 0.0179. The molecule has 1 atom stereocenters. The van der Waals surface area contributed by atoms with Crippen LogP contribution in [0, 0.1) is 5.82 Å². The first-order valence-corrected chi connectivity index (χ1v) is 7.41. The van der Waals surface area contributed by atoms with Crippen LogP contribution in [0.2, 0.25) is 0 Å². The van der Waals surface area contributed by atoms with E-state index in [0.29, 0.717) is 25.4 Å². The van der Waals surface area contributed by atoms with Crippen molar-refractivity contribution in [3.8, 4) is 0 Å². The van der Waals surface area contributed by atoms with Crippen molar-refractivity contribution in [1.82, 2.24) is 14.9 Å². The quantitative estimate of drug-likeness (QED) is 0.916. The van der Waals surface area contributed by atoms with Gasteiger partial charge in [0, 0.05) is 32.0 Å². The molecular weight excluding hydrogens is 283 g/mol. The van der Waals surface area contributed by atoms with Gasteiger partial charge in [0.25, 0.3) is 0 Å². The lowest BCUT2D eigenvalue weighted by Gasteiger charge is -2.34. The molecule has 0 aromatic carbocycles. The number of halogens is 1. The number of nitrogens with one attached hydrogen (secondary N) is 1. The molecule has 22 heavy (non-hydrogen) atoms. The monoisotopic (exact) mass is 302 g/mol. The summed E-state index contributed by atoms with van der Waals surface area (Å²) in [7, 11) is 0. The molecule has 2 aromatic heterocycles. The molecule has 3 rings (SSSR count). The Morgan fingerprint density at radius 1 is 1.23 bits per heavy atom. The summed E-state index contributed by atoms with van der Waals surface area (Å²) in [5.41, 5.74) is 1.44. The molecule has 1 unspecified atom stereocenters. The third-order valence-corrected chi connectivity index (χ3v) is 3.77. The van der Waals surface area contributed by atoms with E-state index in [4.69, 9.17) is 4.74 Å². The Balaban J connectivity index is 1.75. The molecule has 1 aliphatic rings. The molecule has 0 spiro atoms. The maximum Gasteiger partial charge on any atom is 0.164 e. The molecule has 0 bridgehead atoms. The van der Waals surface area contributed by atoms with Crippen LogP contribution >= 0.6 is 0 Å². The fourth-order valence-corrected chi connectivity index (χ4v) is 2.61. The summed E-state index contributed by atoms with van der Waals surface area (Å²) in [6, 6.07) is 7.60. The van der Waals surface area contributed by atoms with E-state index in [1.807, 2.05) is 18.2 Å². The second kappa shape index (κ2) is 7.29. The largest absolute Gasteiger partial charge is 0.381 e. The Kier molecular flexibility index (Phi) is 4.92. The Morgan fingerprint density at radius 2 is 2.09 bits per heavy atom. The number of morpholine rings is 1. The molecule has 0 aliphatic carbocycles. The topological polar surface area (TPSA) is 50.3 Å². The fourth-order valence-electron chi connectivity index (χ4n) is 2.61. The van der Waals surface area contributed by atoms with Crippen molar-refractivity contribution in [2.75, 3.05) is 38.2 Å². The Morgan fingerprint density at radius 3 is 2.82 bits per heavy atom. The second-order valence-corrected chi connectivity index (χ2v) is 5.16. The lowest BCUT2D eigenvalue weighted by atomic mass is 10.1. The van der Waals surface area contributed by atoms with Crippen molar-refractivity contribution >= 4 is 5.69 Å². The van der Waals surface area contributed by atoms with Crippen LogP contribution in [0.1, 0.15) is 11.7 Å². The third kappa shape index (κ3) is 3.58. The highest BCUT2D eigenvalue weighted by molar-refractivity contribution is 5.43. The van der Waals surface area contributed by atoms with E-state index in [-0.39, 0.29) is 11.9 Å².